The highest BCUT2D eigenvalue weighted by Crippen LogP contribution is 2.14. The van der Waals surface area contributed by atoms with Crippen LogP contribution < -0.4 is 5.32 Å². The van der Waals surface area contributed by atoms with Gasteiger partial charge in [-0.15, -0.1) is 0 Å². The van der Waals surface area contributed by atoms with Crippen LogP contribution in [0.1, 0.15) is 12.1 Å². The second-order valence-corrected chi connectivity index (χ2v) is 7.77. The van der Waals surface area contributed by atoms with Gasteiger partial charge in [0, 0.05) is 45.8 Å². The number of aromatic nitrogens is 1. The molecule has 1 N–H and O–H groups in total. The summed E-state index contributed by atoms with van der Waals surface area (Å²) in [4.78, 5) is 6.16. The average Bonchev–Trinajstić information content (AvgIpc) is 2.66. The van der Waals surface area contributed by atoms with Gasteiger partial charge >= 0.3 is 0 Å². The number of hydrogen-bond acceptors (Lipinski definition) is 3. The normalized spacial score (nSPS) is 12.5. The summed E-state index contributed by atoms with van der Waals surface area (Å²) in [5, 5.41) is 3.86. The second-order valence-electron chi connectivity index (χ2n) is 5.07. The monoisotopic (exact) mass is 334 g/mol. The molecule has 0 amide bonds. The fraction of sp³-hybridized carbons (Fsp3) is 0.615. The molecule has 0 atom stereocenters. The molecule has 1 aromatic rings. The molecule has 0 aliphatic carbocycles. The third-order valence-electron chi connectivity index (χ3n) is 3.02. The smallest absolute Gasteiger partial charge is 0.193 e. The van der Waals surface area contributed by atoms with Crippen molar-refractivity contribution in [2.24, 2.45) is 12.0 Å². The van der Waals surface area contributed by atoms with Gasteiger partial charge in [0.05, 0.1) is 17.3 Å². The van der Waals surface area contributed by atoms with Crippen molar-refractivity contribution >= 4 is 27.4 Å². The number of nitrogens with one attached hydrogen (secondary N) is 1. The van der Waals surface area contributed by atoms with Gasteiger partial charge in [0.15, 0.2) is 5.96 Å². The summed E-state index contributed by atoms with van der Waals surface area (Å²) < 4.78 is 24.1. The van der Waals surface area contributed by atoms with Crippen LogP contribution in [0.4, 0.5) is 0 Å². The van der Waals surface area contributed by atoms with Crippen molar-refractivity contribution in [3.8, 4) is 0 Å². The minimum Gasteiger partial charge on any atom is -0.356 e. The average molecular weight is 335 g/mol. The number of guanidine groups is 1. The van der Waals surface area contributed by atoms with Gasteiger partial charge in [-0.25, -0.2) is 8.42 Å². The van der Waals surface area contributed by atoms with E-state index in [9.17, 15) is 8.42 Å². The molecule has 0 aliphatic heterocycles. The van der Waals surface area contributed by atoms with Gasteiger partial charge in [-0.2, -0.15) is 0 Å². The largest absolute Gasteiger partial charge is 0.356 e. The Labute approximate surface area is 131 Å². The highest BCUT2D eigenvalue weighted by molar-refractivity contribution is 7.90. The molecule has 0 saturated carbocycles. The number of rotatable bonds is 6. The molecule has 0 unspecified atom stereocenters. The van der Waals surface area contributed by atoms with Crippen LogP contribution in [0, 0.1) is 0 Å². The highest BCUT2D eigenvalue weighted by atomic mass is 35.5. The maximum absolute atomic E-state index is 11.1. The summed E-state index contributed by atoms with van der Waals surface area (Å²) in [5.74, 6) is 0.898. The molecule has 1 rings (SSSR count). The zero-order valence-corrected chi connectivity index (χ0v) is 14.5. The maximum atomic E-state index is 11.1. The predicted octanol–water partition coefficient (Wildman–Crippen LogP) is 1.12. The molecule has 0 fully saturated rings. The van der Waals surface area contributed by atoms with Gasteiger partial charge in [0.25, 0.3) is 0 Å². The van der Waals surface area contributed by atoms with Crippen LogP contribution in [0.15, 0.2) is 17.3 Å². The standard InChI is InChI=1S/C13H23ClN4O2S/c1-15-13(16-6-5-7-21(4,19)20)18(3)10-12-8-11(14)9-17(12)2/h8-9H,5-7,10H2,1-4H3,(H,15,16). The molecule has 0 bridgehead atoms. The van der Waals surface area contributed by atoms with E-state index >= 15 is 0 Å². The number of nitrogens with zero attached hydrogens (tertiary/aromatic N) is 3. The van der Waals surface area contributed by atoms with Gasteiger partial charge < -0.3 is 14.8 Å². The third-order valence-corrected chi connectivity index (χ3v) is 4.26. The minimum atomic E-state index is -2.91. The lowest BCUT2D eigenvalue weighted by Crippen LogP contribution is -2.39. The van der Waals surface area contributed by atoms with E-state index in [2.05, 4.69) is 10.3 Å². The Morgan fingerprint density at radius 1 is 1.52 bits per heavy atom. The number of sulfone groups is 1. The van der Waals surface area contributed by atoms with E-state index in [-0.39, 0.29) is 5.75 Å². The van der Waals surface area contributed by atoms with Gasteiger partial charge in [0.1, 0.15) is 9.84 Å². The first-order chi connectivity index (χ1) is 9.73. The lowest BCUT2D eigenvalue weighted by atomic mass is 10.4. The molecule has 1 aromatic heterocycles. The third kappa shape index (κ3) is 6.39. The lowest BCUT2D eigenvalue weighted by molar-refractivity contribution is 0.462. The van der Waals surface area contributed by atoms with Crippen molar-refractivity contribution < 1.29 is 8.42 Å². The van der Waals surface area contributed by atoms with E-state index < -0.39 is 9.84 Å². The number of halogens is 1. The van der Waals surface area contributed by atoms with Gasteiger partial charge in [-0.1, -0.05) is 11.6 Å². The Morgan fingerprint density at radius 3 is 2.67 bits per heavy atom. The number of hydrogen-bond donors (Lipinski definition) is 1. The molecule has 8 heteroatoms. The van der Waals surface area contributed by atoms with Crippen molar-refractivity contribution in [3.63, 3.8) is 0 Å². The molecule has 6 nitrogen and oxygen atoms in total. The number of aryl methyl sites for hydroxylation is 1. The Hall–Kier alpha value is -1.21. The Kier molecular flexibility index (Phi) is 6.54. The highest BCUT2D eigenvalue weighted by Gasteiger charge is 2.10. The van der Waals surface area contributed by atoms with Crippen LogP contribution in [0.25, 0.3) is 0 Å². The molecule has 21 heavy (non-hydrogen) atoms. The first kappa shape index (κ1) is 17.8. The van der Waals surface area contributed by atoms with Gasteiger partial charge in [-0.05, 0) is 12.5 Å². The maximum Gasteiger partial charge on any atom is 0.193 e. The zero-order chi connectivity index (χ0) is 16.0. The van der Waals surface area contributed by atoms with Gasteiger partial charge in [0.2, 0.25) is 0 Å². The van der Waals surface area contributed by atoms with Crippen molar-refractivity contribution in [3.05, 3.63) is 23.0 Å². The SMILES string of the molecule is CN=C(NCCCS(C)(=O)=O)N(C)Cc1cc(Cl)cn1C. The summed E-state index contributed by atoms with van der Waals surface area (Å²) in [6.45, 7) is 1.23. The molecule has 0 radical (unpaired) electrons. The fourth-order valence-corrected chi connectivity index (χ4v) is 2.90. The van der Waals surface area contributed by atoms with Crippen molar-refractivity contribution in [1.29, 1.82) is 0 Å². The quantitative estimate of drug-likeness (QED) is 0.481. The van der Waals surface area contributed by atoms with Crippen LogP contribution in [-0.4, -0.2) is 56.5 Å². The molecule has 0 spiro atoms. The minimum absolute atomic E-state index is 0.175. The van der Waals surface area contributed by atoms with E-state index in [1.165, 1.54) is 6.26 Å². The first-order valence-corrected chi connectivity index (χ1v) is 9.07. The van der Waals surface area contributed by atoms with Crippen LogP contribution >= 0.6 is 11.6 Å². The van der Waals surface area contributed by atoms with Crippen LogP contribution in [0.5, 0.6) is 0 Å². The van der Waals surface area contributed by atoms with E-state index in [4.69, 9.17) is 11.6 Å². The van der Waals surface area contributed by atoms with E-state index in [1.54, 1.807) is 7.05 Å². The molecule has 0 aliphatic rings. The predicted molar refractivity (Wildman–Crippen MR) is 87.6 cm³/mol. The summed E-state index contributed by atoms with van der Waals surface area (Å²) in [6, 6.07) is 1.91. The number of aliphatic imine (C=N–C) groups is 1. The Morgan fingerprint density at radius 2 is 2.19 bits per heavy atom. The molecule has 0 saturated heterocycles. The zero-order valence-electron chi connectivity index (χ0n) is 12.9. The topological polar surface area (TPSA) is 66.7 Å². The molecular formula is C13H23ClN4O2S. The molecule has 0 aromatic carbocycles. The lowest BCUT2D eigenvalue weighted by Gasteiger charge is -2.22. The van der Waals surface area contributed by atoms with Crippen molar-refractivity contribution in [2.75, 3.05) is 32.6 Å². The van der Waals surface area contributed by atoms with E-state index in [0.29, 0.717) is 24.5 Å². The van der Waals surface area contributed by atoms with Crippen LogP contribution in [0.3, 0.4) is 0 Å². The first-order valence-electron chi connectivity index (χ1n) is 6.63. The summed E-state index contributed by atoms with van der Waals surface area (Å²) in [7, 11) is 2.66. The molecule has 120 valence electrons. The summed E-state index contributed by atoms with van der Waals surface area (Å²) >= 11 is 5.97. The van der Waals surface area contributed by atoms with E-state index in [1.807, 2.05) is 35.8 Å². The molecular weight excluding hydrogens is 312 g/mol. The molecule has 1 heterocycles. The van der Waals surface area contributed by atoms with Crippen LogP contribution in [-0.2, 0) is 23.4 Å². The van der Waals surface area contributed by atoms with Gasteiger partial charge in [-0.3, -0.25) is 4.99 Å². The fourth-order valence-electron chi connectivity index (χ4n) is 1.96. The summed E-state index contributed by atoms with van der Waals surface area (Å²) in [6.07, 6.45) is 3.65. The van der Waals surface area contributed by atoms with E-state index in [0.717, 1.165) is 11.7 Å². The van der Waals surface area contributed by atoms with Crippen molar-refractivity contribution in [1.82, 2.24) is 14.8 Å². The Bertz CT molecular complexity index is 595. The second kappa shape index (κ2) is 7.70. The Balaban J connectivity index is 2.50. The summed E-state index contributed by atoms with van der Waals surface area (Å²) in [5.41, 5.74) is 1.07. The van der Waals surface area contributed by atoms with Crippen LogP contribution in [0.2, 0.25) is 5.02 Å². The van der Waals surface area contributed by atoms with Crippen molar-refractivity contribution in [2.45, 2.75) is 13.0 Å².